The Morgan fingerprint density at radius 3 is 2.37 bits per heavy atom. The van der Waals surface area contributed by atoms with Crippen LogP contribution in [0.15, 0.2) is 36.7 Å². The minimum atomic E-state index is 0.657. The molecule has 0 aliphatic carbocycles. The van der Waals surface area contributed by atoms with Gasteiger partial charge in [-0.25, -0.2) is 0 Å². The predicted molar refractivity (Wildman–Crippen MR) is 80.7 cm³/mol. The van der Waals surface area contributed by atoms with Gasteiger partial charge in [-0.15, -0.1) is 0 Å². The van der Waals surface area contributed by atoms with E-state index in [0.717, 1.165) is 12.1 Å². The van der Waals surface area contributed by atoms with E-state index in [1.165, 1.54) is 11.1 Å². The molecule has 2 rings (SSSR count). The molecule has 0 saturated heterocycles. The molecule has 5 heteroatoms. The second-order valence-electron chi connectivity index (χ2n) is 4.54. The van der Waals surface area contributed by atoms with Gasteiger partial charge >= 0.3 is 0 Å². The molecule has 1 heterocycles. The van der Waals surface area contributed by atoms with Crippen LogP contribution in [0.4, 0.5) is 0 Å². The van der Waals surface area contributed by atoms with Crippen LogP contribution in [0.3, 0.4) is 0 Å². The molecule has 1 aromatic heterocycles. The van der Waals surface area contributed by atoms with Crippen LogP contribution in [0.1, 0.15) is 16.7 Å². The first-order valence-corrected chi connectivity index (χ1v) is 6.59. The van der Waals surface area contributed by atoms with Crippen molar-refractivity contribution in [2.24, 2.45) is 7.05 Å². The molecule has 0 atom stereocenters. The zero-order chi connectivity index (χ0) is 13.7. The van der Waals surface area contributed by atoms with Crippen molar-refractivity contribution in [2.45, 2.75) is 20.0 Å². The van der Waals surface area contributed by atoms with E-state index in [1.54, 1.807) is 4.68 Å². The van der Waals surface area contributed by atoms with E-state index in [2.05, 4.69) is 46.9 Å². The summed E-state index contributed by atoms with van der Waals surface area (Å²) in [5, 5.41) is 11.1. The summed E-state index contributed by atoms with van der Waals surface area (Å²) in [7, 11) is 1.90. The highest BCUT2D eigenvalue weighted by Crippen LogP contribution is 2.02. The lowest BCUT2D eigenvalue weighted by atomic mass is 10.1. The molecule has 100 valence electrons. The fraction of sp³-hybridized carbons (Fsp3) is 0.286. The minimum absolute atomic E-state index is 0.657. The van der Waals surface area contributed by atoms with Gasteiger partial charge in [0, 0.05) is 31.9 Å². The largest absolute Gasteiger partial charge is 0.359 e. The second-order valence-corrected chi connectivity index (χ2v) is 4.95. The maximum Gasteiger partial charge on any atom is 0.166 e. The number of aromatic nitrogens is 2. The molecule has 0 radical (unpaired) electrons. The monoisotopic (exact) mass is 274 g/mol. The zero-order valence-corrected chi connectivity index (χ0v) is 12.0. The quantitative estimate of drug-likeness (QED) is 0.836. The van der Waals surface area contributed by atoms with Crippen molar-refractivity contribution in [2.75, 3.05) is 0 Å². The topological polar surface area (TPSA) is 41.9 Å². The van der Waals surface area contributed by atoms with Crippen molar-refractivity contribution in [3.63, 3.8) is 0 Å². The van der Waals surface area contributed by atoms with E-state index in [9.17, 15) is 0 Å². The van der Waals surface area contributed by atoms with E-state index < -0.39 is 0 Å². The SMILES string of the molecule is Cc1ccc(CNC(=S)NCc2cnn(C)c2)cc1. The third-order valence-electron chi connectivity index (χ3n) is 2.79. The summed E-state index contributed by atoms with van der Waals surface area (Å²) in [6.07, 6.45) is 3.80. The Balaban J connectivity index is 1.74. The van der Waals surface area contributed by atoms with E-state index in [-0.39, 0.29) is 0 Å². The summed E-state index contributed by atoms with van der Waals surface area (Å²) >= 11 is 5.24. The molecular weight excluding hydrogens is 256 g/mol. The number of aryl methyl sites for hydroxylation is 2. The Kier molecular flexibility index (Phi) is 4.52. The number of hydrogen-bond acceptors (Lipinski definition) is 2. The van der Waals surface area contributed by atoms with Crippen LogP contribution in [0.2, 0.25) is 0 Å². The summed E-state index contributed by atoms with van der Waals surface area (Å²) in [6, 6.07) is 8.41. The molecule has 0 aliphatic rings. The van der Waals surface area contributed by atoms with Crippen molar-refractivity contribution in [1.82, 2.24) is 20.4 Å². The summed E-state index contributed by atoms with van der Waals surface area (Å²) in [5.74, 6) is 0. The highest BCUT2D eigenvalue weighted by Gasteiger charge is 1.99. The molecule has 0 bridgehead atoms. The molecule has 0 fully saturated rings. The molecule has 0 amide bonds. The van der Waals surface area contributed by atoms with Gasteiger partial charge in [0.05, 0.1) is 6.20 Å². The molecule has 4 nitrogen and oxygen atoms in total. The standard InChI is InChI=1S/C14H18N4S/c1-11-3-5-12(6-4-11)7-15-14(19)16-8-13-9-17-18(2)10-13/h3-6,9-10H,7-8H2,1-2H3,(H2,15,16,19). The molecular formula is C14H18N4S. The molecule has 0 unspecified atom stereocenters. The highest BCUT2D eigenvalue weighted by atomic mass is 32.1. The summed E-state index contributed by atoms with van der Waals surface area (Å²) in [5.41, 5.74) is 3.60. The number of nitrogens with one attached hydrogen (secondary N) is 2. The van der Waals surface area contributed by atoms with E-state index in [0.29, 0.717) is 11.7 Å². The Bertz CT molecular complexity index is 545. The van der Waals surface area contributed by atoms with Gasteiger partial charge in [-0.1, -0.05) is 29.8 Å². The second kappa shape index (κ2) is 6.33. The van der Waals surface area contributed by atoms with Gasteiger partial charge in [-0.05, 0) is 24.7 Å². The Morgan fingerprint density at radius 2 is 1.79 bits per heavy atom. The average molecular weight is 274 g/mol. The molecule has 0 spiro atoms. The van der Waals surface area contributed by atoms with E-state index in [4.69, 9.17) is 12.2 Å². The Labute approximate surface area is 118 Å². The molecule has 1 aromatic carbocycles. The Morgan fingerprint density at radius 1 is 1.16 bits per heavy atom. The summed E-state index contributed by atoms with van der Waals surface area (Å²) in [4.78, 5) is 0. The normalized spacial score (nSPS) is 10.2. The van der Waals surface area contributed by atoms with Gasteiger partial charge in [0.25, 0.3) is 0 Å². The third-order valence-corrected chi connectivity index (χ3v) is 3.07. The van der Waals surface area contributed by atoms with Crippen molar-refractivity contribution in [1.29, 1.82) is 0 Å². The van der Waals surface area contributed by atoms with Crippen LogP contribution < -0.4 is 10.6 Å². The van der Waals surface area contributed by atoms with Gasteiger partial charge in [-0.3, -0.25) is 4.68 Å². The maximum absolute atomic E-state index is 5.24. The van der Waals surface area contributed by atoms with Crippen LogP contribution in [0, 0.1) is 6.92 Å². The number of thiocarbonyl (C=S) groups is 1. The molecule has 0 aliphatic heterocycles. The third kappa shape index (κ3) is 4.37. The number of benzene rings is 1. The summed E-state index contributed by atoms with van der Waals surface area (Å²) in [6.45, 7) is 3.50. The van der Waals surface area contributed by atoms with Crippen LogP contribution in [0.25, 0.3) is 0 Å². The Hall–Kier alpha value is -1.88. The lowest BCUT2D eigenvalue weighted by molar-refractivity contribution is 0.765. The van der Waals surface area contributed by atoms with Gasteiger partial charge in [-0.2, -0.15) is 5.10 Å². The lowest BCUT2D eigenvalue weighted by Crippen LogP contribution is -2.34. The van der Waals surface area contributed by atoms with E-state index >= 15 is 0 Å². The van der Waals surface area contributed by atoms with Crippen LogP contribution in [-0.4, -0.2) is 14.9 Å². The van der Waals surface area contributed by atoms with Gasteiger partial charge in [0.15, 0.2) is 5.11 Å². The van der Waals surface area contributed by atoms with Crippen molar-refractivity contribution in [3.05, 3.63) is 53.3 Å². The van der Waals surface area contributed by atoms with Crippen molar-refractivity contribution >= 4 is 17.3 Å². The zero-order valence-electron chi connectivity index (χ0n) is 11.2. The molecule has 19 heavy (non-hydrogen) atoms. The lowest BCUT2D eigenvalue weighted by Gasteiger charge is -2.09. The van der Waals surface area contributed by atoms with E-state index in [1.807, 2.05) is 19.4 Å². The molecule has 0 saturated carbocycles. The summed E-state index contributed by atoms with van der Waals surface area (Å²) < 4.78 is 1.78. The van der Waals surface area contributed by atoms with Crippen LogP contribution in [0.5, 0.6) is 0 Å². The predicted octanol–water partition coefficient (Wildman–Crippen LogP) is 1.89. The highest BCUT2D eigenvalue weighted by molar-refractivity contribution is 7.80. The first kappa shape index (κ1) is 13.5. The van der Waals surface area contributed by atoms with Crippen LogP contribution >= 0.6 is 12.2 Å². The number of nitrogens with zero attached hydrogens (tertiary/aromatic N) is 2. The smallest absolute Gasteiger partial charge is 0.166 e. The van der Waals surface area contributed by atoms with Crippen molar-refractivity contribution < 1.29 is 0 Å². The fourth-order valence-electron chi connectivity index (χ4n) is 1.70. The van der Waals surface area contributed by atoms with Gasteiger partial charge in [0.2, 0.25) is 0 Å². The fourth-order valence-corrected chi connectivity index (χ4v) is 1.84. The number of rotatable bonds is 4. The van der Waals surface area contributed by atoms with Crippen molar-refractivity contribution in [3.8, 4) is 0 Å². The first-order chi connectivity index (χ1) is 9.13. The average Bonchev–Trinajstić information content (AvgIpc) is 2.81. The minimum Gasteiger partial charge on any atom is -0.359 e. The van der Waals surface area contributed by atoms with Crippen LogP contribution in [-0.2, 0) is 20.1 Å². The molecule has 2 aromatic rings. The number of hydrogen-bond donors (Lipinski definition) is 2. The maximum atomic E-state index is 5.24. The molecule has 2 N–H and O–H groups in total. The van der Waals surface area contributed by atoms with Gasteiger partial charge < -0.3 is 10.6 Å². The first-order valence-electron chi connectivity index (χ1n) is 6.18. The van der Waals surface area contributed by atoms with Gasteiger partial charge in [0.1, 0.15) is 0 Å².